The molecule has 28 heavy (non-hydrogen) atoms. The number of amides is 2. The predicted octanol–water partition coefficient (Wildman–Crippen LogP) is 4.09. The van der Waals surface area contributed by atoms with Crippen LogP contribution in [0.4, 0.5) is 5.69 Å². The summed E-state index contributed by atoms with van der Waals surface area (Å²) in [5.74, 6) is -0.540. The van der Waals surface area contributed by atoms with Gasteiger partial charge < -0.3 is 15.2 Å². The Morgan fingerprint density at radius 3 is 2.29 bits per heavy atom. The minimum atomic E-state index is -0.669. The van der Waals surface area contributed by atoms with E-state index in [1.807, 2.05) is 84.4 Å². The van der Waals surface area contributed by atoms with Crippen LogP contribution in [-0.2, 0) is 11.8 Å². The van der Waals surface area contributed by atoms with Gasteiger partial charge in [-0.25, -0.2) is 0 Å². The summed E-state index contributed by atoms with van der Waals surface area (Å²) in [5.41, 5.74) is 2.20. The molecule has 0 saturated heterocycles. The van der Waals surface area contributed by atoms with Gasteiger partial charge in [-0.3, -0.25) is 9.59 Å². The molecule has 1 atom stereocenters. The van der Waals surface area contributed by atoms with Crippen molar-refractivity contribution in [1.29, 1.82) is 0 Å². The number of hydrogen-bond donors (Lipinski definition) is 2. The second kappa shape index (κ2) is 7.19. The SMILES string of the molecule is CC(NC(=O)c1cc2ccccc2n1C)C(=O)Nc1ccc2ccccc2c1. The lowest BCUT2D eigenvalue weighted by Crippen LogP contribution is -2.42. The Kier molecular flexibility index (Phi) is 4.57. The fraction of sp³-hybridized carbons (Fsp3) is 0.130. The van der Waals surface area contributed by atoms with Gasteiger partial charge in [0.2, 0.25) is 5.91 Å². The number of benzene rings is 3. The van der Waals surface area contributed by atoms with Gasteiger partial charge in [-0.15, -0.1) is 0 Å². The van der Waals surface area contributed by atoms with Crippen LogP contribution in [0.15, 0.2) is 72.8 Å². The van der Waals surface area contributed by atoms with Crippen LogP contribution >= 0.6 is 0 Å². The van der Waals surface area contributed by atoms with E-state index in [-0.39, 0.29) is 11.8 Å². The first-order chi connectivity index (χ1) is 13.5. The molecule has 1 unspecified atom stereocenters. The number of fused-ring (bicyclic) bond motifs is 2. The van der Waals surface area contributed by atoms with Crippen molar-refractivity contribution in [3.8, 4) is 0 Å². The monoisotopic (exact) mass is 371 g/mol. The molecule has 0 aliphatic heterocycles. The van der Waals surface area contributed by atoms with Crippen LogP contribution in [0.25, 0.3) is 21.7 Å². The maximum atomic E-state index is 12.7. The first-order valence-corrected chi connectivity index (χ1v) is 9.18. The highest BCUT2D eigenvalue weighted by molar-refractivity contribution is 6.03. The van der Waals surface area contributed by atoms with Crippen LogP contribution in [0.1, 0.15) is 17.4 Å². The smallest absolute Gasteiger partial charge is 0.268 e. The molecule has 0 radical (unpaired) electrons. The van der Waals surface area contributed by atoms with E-state index in [0.29, 0.717) is 11.4 Å². The number of nitrogens with one attached hydrogen (secondary N) is 2. The van der Waals surface area contributed by atoms with Crippen LogP contribution in [0.3, 0.4) is 0 Å². The van der Waals surface area contributed by atoms with Gasteiger partial charge in [0.1, 0.15) is 11.7 Å². The van der Waals surface area contributed by atoms with E-state index < -0.39 is 6.04 Å². The Bertz CT molecular complexity index is 1190. The van der Waals surface area contributed by atoms with Crippen LogP contribution in [-0.4, -0.2) is 22.4 Å². The second-order valence-corrected chi connectivity index (χ2v) is 6.89. The summed E-state index contributed by atoms with van der Waals surface area (Å²) in [6.07, 6.45) is 0. The summed E-state index contributed by atoms with van der Waals surface area (Å²) < 4.78 is 1.83. The molecular formula is C23H21N3O2. The molecular weight excluding hydrogens is 350 g/mol. The summed E-state index contributed by atoms with van der Waals surface area (Å²) in [6.45, 7) is 1.68. The molecule has 4 aromatic rings. The predicted molar refractivity (Wildman–Crippen MR) is 112 cm³/mol. The Labute approximate surface area is 163 Å². The zero-order chi connectivity index (χ0) is 19.7. The zero-order valence-corrected chi connectivity index (χ0v) is 15.8. The largest absolute Gasteiger partial charge is 0.340 e. The number of hydrogen-bond acceptors (Lipinski definition) is 2. The minimum Gasteiger partial charge on any atom is -0.340 e. The lowest BCUT2D eigenvalue weighted by Gasteiger charge is -2.15. The average Bonchev–Trinajstić information content (AvgIpc) is 3.05. The third kappa shape index (κ3) is 3.34. The maximum Gasteiger partial charge on any atom is 0.268 e. The van der Waals surface area contributed by atoms with E-state index in [0.717, 1.165) is 21.7 Å². The molecule has 0 fully saturated rings. The number of anilines is 1. The maximum absolute atomic E-state index is 12.7. The highest BCUT2D eigenvalue weighted by Crippen LogP contribution is 2.20. The number of carbonyl (C=O) groups is 2. The molecule has 0 spiro atoms. The molecule has 4 rings (SSSR count). The molecule has 3 aromatic carbocycles. The molecule has 5 heteroatoms. The van der Waals surface area contributed by atoms with E-state index >= 15 is 0 Å². The standard InChI is InChI=1S/C23H21N3O2/c1-15(22(27)25-19-12-11-16-7-3-4-8-17(16)13-19)24-23(28)21-14-18-9-5-6-10-20(18)26(21)2/h3-15H,1-2H3,(H,24,28)(H,25,27). The summed E-state index contributed by atoms with van der Waals surface area (Å²) in [7, 11) is 1.84. The zero-order valence-electron chi connectivity index (χ0n) is 15.8. The second-order valence-electron chi connectivity index (χ2n) is 6.89. The van der Waals surface area contributed by atoms with Gasteiger partial charge in [0.05, 0.1) is 0 Å². The highest BCUT2D eigenvalue weighted by Gasteiger charge is 2.19. The lowest BCUT2D eigenvalue weighted by molar-refractivity contribution is -0.117. The fourth-order valence-electron chi connectivity index (χ4n) is 3.36. The summed E-state index contributed by atoms with van der Waals surface area (Å²) >= 11 is 0. The quantitative estimate of drug-likeness (QED) is 0.568. The first kappa shape index (κ1) is 17.8. The van der Waals surface area contributed by atoms with E-state index in [2.05, 4.69) is 10.6 Å². The highest BCUT2D eigenvalue weighted by atomic mass is 16.2. The van der Waals surface area contributed by atoms with Gasteiger partial charge in [-0.2, -0.15) is 0 Å². The Morgan fingerprint density at radius 2 is 1.54 bits per heavy atom. The summed E-state index contributed by atoms with van der Waals surface area (Å²) in [5, 5.41) is 8.80. The van der Waals surface area contributed by atoms with E-state index in [9.17, 15) is 9.59 Å². The Balaban J connectivity index is 1.47. The normalized spacial score (nSPS) is 12.1. The van der Waals surface area contributed by atoms with Gasteiger partial charge in [0, 0.05) is 23.6 Å². The minimum absolute atomic E-state index is 0.262. The molecule has 5 nitrogen and oxygen atoms in total. The number of rotatable bonds is 4. The van der Waals surface area contributed by atoms with Gasteiger partial charge in [0.15, 0.2) is 0 Å². The van der Waals surface area contributed by atoms with Crippen molar-refractivity contribution >= 4 is 39.2 Å². The van der Waals surface area contributed by atoms with Crippen LogP contribution in [0, 0.1) is 0 Å². The van der Waals surface area contributed by atoms with Crippen molar-refractivity contribution in [3.63, 3.8) is 0 Å². The lowest BCUT2D eigenvalue weighted by atomic mass is 10.1. The number of aryl methyl sites for hydroxylation is 1. The van der Waals surface area contributed by atoms with Gasteiger partial charge in [-0.1, -0.05) is 48.5 Å². The van der Waals surface area contributed by atoms with Crippen LogP contribution in [0.5, 0.6) is 0 Å². The number of carbonyl (C=O) groups excluding carboxylic acids is 2. The van der Waals surface area contributed by atoms with Crippen molar-refractivity contribution in [2.45, 2.75) is 13.0 Å². The van der Waals surface area contributed by atoms with E-state index in [1.54, 1.807) is 6.92 Å². The van der Waals surface area contributed by atoms with E-state index in [4.69, 9.17) is 0 Å². The van der Waals surface area contributed by atoms with Gasteiger partial charge in [-0.05, 0) is 42.0 Å². The van der Waals surface area contributed by atoms with Crippen molar-refractivity contribution in [2.24, 2.45) is 7.05 Å². The first-order valence-electron chi connectivity index (χ1n) is 9.18. The van der Waals surface area contributed by atoms with Crippen LogP contribution in [0.2, 0.25) is 0 Å². The van der Waals surface area contributed by atoms with Crippen molar-refractivity contribution in [1.82, 2.24) is 9.88 Å². The third-order valence-corrected chi connectivity index (χ3v) is 4.94. The number of nitrogens with zero attached hydrogens (tertiary/aromatic N) is 1. The molecule has 0 aliphatic carbocycles. The van der Waals surface area contributed by atoms with E-state index in [1.165, 1.54) is 0 Å². The molecule has 2 amide bonds. The van der Waals surface area contributed by atoms with Crippen molar-refractivity contribution in [3.05, 3.63) is 78.5 Å². The molecule has 0 aliphatic rings. The molecule has 0 bridgehead atoms. The number of para-hydroxylation sites is 1. The topological polar surface area (TPSA) is 63.1 Å². The Morgan fingerprint density at radius 1 is 0.857 bits per heavy atom. The fourth-order valence-corrected chi connectivity index (χ4v) is 3.36. The Hall–Kier alpha value is -3.60. The van der Waals surface area contributed by atoms with Crippen molar-refractivity contribution in [2.75, 3.05) is 5.32 Å². The molecule has 1 aromatic heterocycles. The van der Waals surface area contributed by atoms with Gasteiger partial charge >= 0.3 is 0 Å². The average molecular weight is 371 g/mol. The number of aromatic nitrogens is 1. The van der Waals surface area contributed by atoms with Crippen LogP contribution < -0.4 is 10.6 Å². The molecule has 1 heterocycles. The molecule has 140 valence electrons. The molecule has 0 saturated carbocycles. The molecule has 2 N–H and O–H groups in total. The van der Waals surface area contributed by atoms with Gasteiger partial charge in [0.25, 0.3) is 5.91 Å². The summed E-state index contributed by atoms with van der Waals surface area (Å²) in [6, 6.07) is 22.6. The third-order valence-electron chi connectivity index (χ3n) is 4.94. The summed E-state index contributed by atoms with van der Waals surface area (Å²) in [4.78, 5) is 25.2. The van der Waals surface area contributed by atoms with Crippen molar-refractivity contribution < 1.29 is 9.59 Å².